The summed E-state index contributed by atoms with van der Waals surface area (Å²) in [5.41, 5.74) is 0. The first kappa shape index (κ1) is 9.50. The highest BCUT2D eigenvalue weighted by molar-refractivity contribution is 7.99. The maximum absolute atomic E-state index is 9.02. The fourth-order valence-electron chi connectivity index (χ4n) is 0.640. The van der Waals surface area contributed by atoms with Gasteiger partial charge in [-0.3, -0.25) is 0 Å². The van der Waals surface area contributed by atoms with E-state index in [2.05, 4.69) is 10.1 Å². The van der Waals surface area contributed by atoms with Crippen LogP contribution in [-0.4, -0.2) is 43.4 Å². The van der Waals surface area contributed by atoms with Crippen molar-refractivity contribution < 1.29 is 10.2 Å². The minimum atomic E-state index is -0.688. The molecule has 0 aliphatic heterocycles. The summed E-state index contributed by atoms with van der Waals surface area (Å²) < 4.78 is 1.62. The van der Waals surface area contributed by atoms with Gasteiger partial charge in [-0.25, -0.2) is 9.67 Å². The molecule has 68 valence electrons. The van der Waals surface area contributed by atoms with Gasteiger partial charge < -0.3 is 10.2 Å². The van der Waals surface area contributed by atoms with E-state index in [1.165, 1.54) is 18.1 Å². The van der Waals surface area contributed by atoms with Crippen molar-refractivity contribution in [2.45, 2.75) is 11.3 Å². The number of aliphatic hydroxyl groups is 2. The third-order valence-electron chi connectivity index (χ3n) is 1.29. The van der Waals surface area contributed by atoms with E-state index in [0.29, 0.717) is 5.75 Å². The Morgan fingerprint density at radius 2 is 2.50 bits per heavy atom. The van der Waals surface area contributed by atoms with Crippen molar-refractivity contribution in [3.05, 3.63) is 6.33 Å². The smallest absolute Gasteiger partial charge is 0.185 e. The zero-order valence-electron chi connectivity index (χ0n) is 6.71. The summed E-state index contributed by atoms with van der Waals surface area (Å²) in [6.45, 7) is -0.217. The van der Waals surface area contributed by atoms with Crippen molar-refractivity contribution >= 4 is 11.8 Å². The highest BCUT2D eigenvalue weighted by atomic mass is 32.2. The fourth-order valence-corrected chi connectivity index (χ4v) is 1.44. The lowest BCUT2D eigenvalue weighted by Crippen LogP contribution is -2.15. The summed E-state index contributed by atoms with van der Waals surface area (Å²) in [5, 5.41) is 22.1. The molecule has 1 atom stereocenters. The highest BCUT2D eigenvalue weighted by Gasteiger charge is 2.05. The molecule has 12 heavy (non-hydrogen) atoms. The van der Waals surface area contributed by atoms with E-state index in [0.717, 1.165) is 5.16 Å². The lowest BCUT2D eigenvalue weighted by molar-refractivity contribution is 0.113. The Morgan fingerprint density at radius 1 is 1.75 bits per heavy atom. The molecule has 0 aromatic carbocycles. The van der Waals surface area contributed by atoms with Crippen LogP contribution in [0.15, 0.2) is 11.5 Å². The molecule has 1 unspecified atom stereocenters. The fraction of sp³-hybridized carbons (Fsp3) is 0.667. The summed E-state index contributed by atoms with van der Waals surface area (Å²) in [5.74, 6) is 0.434. The number of aromatic nitrogens is 3. The molecule has 5 nitrogen and oxygen atoms in total. The van der Waals surface area contributed by atoms with E-state index in [1.807, 2.05) is 0 Å². The van der Waals surface area contributed by atoms with E-state index >= 15 is 0 Å². The van der Waals surface area contributed by atoms with Gasteiger partial charge in [0, 0.05) is 12.8 Å². The van der Waals surface area contributed by atoms with Gasteiger partial charge in [0.05, 0.1) is 12.7 Å². The molecule has 0 fully saturated rings. The van der Waals surface area contributed by atoms with Crippen LogP contribution < -0.4 is 0 Å². The zero-order chi connectivity index (χ0) is 8.97. The number of aliphatic hydroxyl groups excluding tert-OH is 2. The van der Waals surface area contributed by atoms with Gasteiger partial charge in [-0.05, 0) is 0 Å². The normalized spacial score (nSPS) is 13.2. The molecule has 0 radical (unpaired) electrons. The van der Waals surface area contributed by atoms with Gasteiger partial charge >= 0.3 is 0 Å². The third kappa shape index (κ3) is 2.47. The molecule has 1 heterocycles. The number of hydrogen-bond acceptors (Lipinski definition) is 5. The molecule has 0 bridgehead atoms. The third-order valence-corrected chi connectivity index (χ3v) is 2.46. The molecule has 0 spiro atoms. The van der Waals surface area contributed by atoms with E-state index in [9.17, 15) is 0 Å². The van der Waals surface area contributed by atoms with Crippen LogP contribution in [0.3, 0.4) is 0 Å². The van der Waals surface area contributed by atoms with Gasteiger partial charge in [-0.2, -0.15) is 5.10 Å². The van der Waals surface area contributed by atoms with Crippen molar-refractivity contribution in [2.75, 3.05) is 12.4 Å². The Balaban J connectivity index is 2.38. The van der Waals surface area contributed by atoms with Crippen LogP contribution >= 0.6 is 11.8 Å². The van der Waals surface area contributed by atoms with Crippen LogP contribution in [-0.2, 0) is 7.05 Å². The summed E-state index contributed by atoms with van der Waals surface area (Å²) in [4.78, 5) is 3.94. The summed E-state index contributed by atoms with van der Waals surface area (Å²) in [7, 11) is 1.78. The first-order valence-corrected chi connectivity index (χ1v) is 4.48. The van der Waals surface area contributed by atoms with Gasteiger partial charge in [-0.15, -0.1) is 0 Å². The summed E-state index contributed by atoms with van der Waals surface area (Å²) in [6.07, 6.45) is 0.764. The standard InChI is InChI=1S/C6H11N3O2S/c1-9-6(7-4-8-9)12-3-5(11)2-10/h4-5,10-11H,2-3H2,1H3. The Hall–Kier alpha value is -0.590. The van der Waals surface area contributed by atoms with E-state index in [4.69, 9.17) is 10.2 Å². The van der Waals surface area contributed by atoms with Crippen LogP contribution in [0.5, 0.6) is 0 Å². The van der Waals surface area contributed by atoms with Crippen LogP contribution in [0.25, 0.3) is 0 Å². The number of hydrogen-bond donors (Lipinski definition) is 2. The molecule has 1 aromatic rings. The molecule has 1 rings (SSSR count). The molecule has 0 saturated heterocycles. The SMILES string of the molecule is Cn1ncnc1SCC(O)CO. The van der Waals surface area contributed by atoms with Crippen LogP contribution in [0.4, 0.5) is 0 Å². The van der Waals surface area contributed by atoms with Gasteiger partial charge in [0.1, 0.15) is 6.33 Å². The number of thioether (sulfide) groups is 1. The molecule has 6 heteroatoms. The molecular weight excluding hydrogens is 178 g/mol. The molecule has 0 aliphatic carbocycles. The molecule has 0 aliphatic rings. The first-order valence-electron chi connectivity index (χ1n) is 3.49. The molecule has 2 N–H and O–H groups in total. The lowest BCUT2D eigenvalue weighted by Gasteiger charge is -2.04. The number of aryl methyl sites for hydroxylation is 1. The van der Waals surface area contributed by atoms with Gasteiger partial charge in [0.25, 0.3) is 0 Å². The minimum absolute atomic E-state index is 0.217. The molecular formula is C6H11N3O2S. The average Bonchev–Trinajstić information content (AvgIpc) is 2.47. The second kappa shape index (κ2) is 4.44. The van der Waals surface area contributed by atoms with Crippen molar-refractivity contribution in [3.63, 3.8) is 0 Å². The Labute approximate surface area is 74.4 Å². The second-order valence-electron chi connectivity index (χ2n) is 2.31. The Bertz CT molecular complexity index is 240. The van der Waals surface area contributed by atoms with E-state index in [-0.39, 0.29) is 6.61 Å². The predicted molar refractivity (Wildman–Crippen MR) is 44.8 cm³/mol. The first-order chi connectivity index (χ1) is 5.74. The van der Waals surface area contributed by atoms with Crippen LogP contribution in [0.1, 0.15) is 0 Å². The van der Waals surface area contributed by atoms with Crippen molar-refractivity contribution in [1.29, 1.82) is 0 Å². The molecule has 1 aromatic heterocycles. The van der Waals surface area contributed by atoms with Crippen molar-refractivity contribution in [2.24, 2.45) is 7.05 Å². The largest absolute Gasteiger partial charge is 0.394 e. The minimum Gasteiger partial charge on any atom is -0.394 e. The maximum atomic E-state index is 9.02. The number of rotatable bonds is 4. The highest BCUT2D eigenvalue weighted by Crippen LogP contribution is 2.13. The van der Waals surface area contributed by atoms with Gasteiger partial charge in [0.15, 0.2) is 5.16 Å². The topological polar surface area (TPSA) is 71.2 Å². The van der Waals surface area contributed by atoms with E-state index in [1.54, 1.807) is 11.7 Å². The average molecular weight is 189 g/mol. The second-order valence-corrected chi connectivity index (χ2v) is 3.30. The van der Waals surface area contributed by atoms with Crippen molar-refractivity contribution in [1.82, 2.24) is 14.8 Å². The molecule has 0 saturated carbocycles. The molecule has 0 amide bonds. The van der Waals surface area contributed by atoms with Crippen LogP contribution in [0.2, 0.25) is 0 Å². The van der Waals surface area contributed by atoms with Gasteiger partial charge in [-0.1, -0.05) is 11.8 Å². The van der Waals surface area contributed by atoms with E-state index < -0.39 is 6.10 Å². The Kier molecular flexibility index (Phi) is 3.51. The lowest BCUT2D eigenvalue weighted by atomic mass is 10.4. The summed E-state index contributed by atoms with van der Waals surface area (Å²) >= 11 is 1.37. The van der Waals surface area contributed by atoms with Crippen LogP contribution in [0, 0.1) is 0 Å². The zero-order valence-corrected chi connectivity index (χ0v) is 7.53. The van der Waals surface area contributed by atoms with Gasteiger partial charge in [0.2, 0.25) is 0 Å². The Morgan fingerprint density at radius 3 is 3.00 bits per heavy atom. The van der Waals surface area contributed by atoms with Crippen molar-refractivity contribution in [3.8, 4) is 0 Å². The predicted octanol–water partition coefficient (Wildman–Crippen LogP) is -0.740. The quantitative estimate of drug-likeness (QED) is 0.610. The number of nitrogens with zero attached hydrogens (tertiary/aromatic N) is 3. The monoisotopic (exact) mass is 189 g/mol. The maximum Gasteiger partial charge on any atom is 0.185 e. The summed E-state index contributed by atoms with van der Waals surface area (Å²) in [6, 6.07) is 0.